The van der Waals surface area contributed by atoms with Crippen molar-refractivity contribution in [3.8, 4) is 0 Å². The highest BCUT2D eigenvalue weighted by Gasteiger charge is 2.24. The molecule has 1 fully saturated rings. The fourth-order valence-electron chi connectivity index (χ4n) is 2.72. The summed E-state index contributed by atoms with van der Waals surface area (Å²) in [4.78, 5) is 16.8. The van der Waals surface area contributed by atoms with E-state index in [-0.39, 0.29) is 21.4 Å². The molecule has 1 amide bonds. The molecule has 5 nitrogen and oxygen atoms in total. The zero-order valence-electron chi connectivity index (χ0n) is 13.8. The highest BCUT2D eigenvalue weighted by molar-refractivity contribution is 7.90. The van der Waals surface area contributed by atoms with Crippen LogP contribution in [0.5, 0.6) is 0 Å². The topological polar surface area (TPSA) is 57.7 Å². The minimum Gasteiger partial charge on any atom is -0.336 e. The lowest BCUT2D eigenvalue weighted by Crippen LogP contribution is -2.49. The SMILES string of the molecule is CC(C)CN1CCN(C(=O)c2cc(S(C)(=O)=O)ccc2Cl)CC1. The highest BCUT2D eigenvalue weighted by atomic mass is 35.5. The predicted octanol–water partition coefficient (Wildman–Crippen LogP) is 2.16. The van der Waals surface area contributed by atoms with Gasteiger partial charge in [0, 0.05) is 39.0 Å². The Hall–Kier alpha value is -1.11. The summed E-state index contributed by atoms with van der Waals surface area (Å²) in [6, 6.07) is 4.27. The monoisotopic (exact) mass is 358 g/mol. The number of benzene rings is 1. The van der Waals surface area contributed by atoms with Crippen LogP contribution in [0.25, 0.3) is 0 Å². The summed E-state index contributed by atoms with van der Waals surface area (Å²) in [5.74, 6) is 0.392. The van der Waals surface area contributed by atoms with Crippen molar-refractivity contribution in [2.24, 2.45) is 5.92 Å². The van der Waals surface area contributed by atoms with Gasteiger partial charge in [-0.25, -0.2) is 8.42 Å². The first kappa shape index (κ1) is 18.2. The third-order valence-corrected chi connectivity index (χ3v) is 5.32. The van der Waals surface area contributed by atoms with Crippen LogP contribution in [-0.2, 0) is 9.84 Å². The van der Waals surface area contributed by atoms with Crippen LogP contribution in [0, 0.1) is 5.92 Å². The van der Waals surface area contributed by atoms with Crippen molar-refractivity contribution in [1.29, 1.82) is 0 Å². The summed E-state index contributed by atoms with van der Waals surface area (Å²) in [5.41, 5.74) is 0.256. The summed E-state index contributed by atoms with van der Waals surface area (Å²) >= 11 is 6.11. The molecule has 0 atom stereocenters. The average Bonchev–Trinajstić information content (AvgIpc) is 2.46. The van der Waals surface area contributed by atoms with E-state index >= 15 is 0 Å². The van der Waals surface area contributed by atoms with E-state index in [0.29, 0.717) is 19.0 Å². The Balaban J connectivity index is 2.13. The lowest BCUT2D eigenvalue weighted by molar-refractivity contribution is 0.0623. The van der Waals surface area contributed by atoms with E-state index in [4.69, 9.17) is 11.6 Å². The summed E-state index contributed by atoms with van der Waals surface area (Å²) in [5, 5.41) is 0.284. The molecule has 7 heteroatoms. The standard InChI is InChI=1S/C16H23ClN2O3S/c1-12(2)11-18-6-8-19(9-7-18)16(20)14-10-13(23(3,21)22)4-5-15(14)17/h4-5,10,12H,6-9,11H2,1-3H3. The molecule has 0 bridgehead atoms. The molecule has 128 valence electrons. The number of hydrogen-bond donors (Lipinski definition) is 0. The van der Waals surface area contributed by atoms with Gasteiger partial charge < -0.3 is 4.90 Å². The molecule has 0 radical (unpaired) electrons. The van der Waals surface area contributed by atoms with Gasteiger partial charge >= 0.3 is 0 Å². The molecule has 0 aromatic heterocycles. The zero-order chi connectivity index (χ0) is 17.2. The molecule has 1 aromatic carbocycles. The molecule has 2 rings (SSSR count). The zero-order valence-corrected chi connectivity index (χ0v) is 15.3. The van der Waals surface area contributed by atoms with Crippen LogP contribution in [0.2, 0.25) is 5.02 Å². The van der Waals surface area contributed by atoms with Gasteiger partial charge in [-0.05, 0) is 24.1 Å². The third-order valence-electron chi connectivity index (χ3n) is 3.88. The molecule has 1 saturated heterocycles. The van der Waals surface area contributed by atoms with Gasteiger partial charge in [-0.2, -0.15) is 0 Å². The first-order valence-corrected chi connectivity index (χ1v) is 9.96. The van der Waals surface area contributed by atoms with Crippen molar-refractivity contribution in [2.45, 2.75) is 18.7 Å². The van der Waals surface area contributed by atoms with E-state index in [2.05, 4.69) is 18.7 Å². The van der Waals surface area contributed by atoms with E-state index in [1.807, 2.05) is 0 Å². The Labute approximate surface area is 143 Å². The molecule has 1 aliphatic rings. The number of rotatable bonds is 4. The fraction of sp³-hybridized carbons (Fsp3) is 0.562. The molecule has 1 heterocycles. The summed E-state index contributed by atoms with van der Waals surface area (Å²) in [6.45, 7) is 8.28. The normalized spacial score (nSPS) is 16.8. The fourth-order valence-corrected chi connectivity index (χ4v) is 3.56. The van der Waals surface area contributed by atoms with Crippen molar-refractivity contribution in [1.82, 2.24) is 9.80 Å². The first-order chi connectivity index (χ1) is 10.7. The van der Waals surface area contributed by atoms with Crippen molar-refractivity contribution < 1.29 is 13.2 Å². The molecular formula is C16H23ClN2O3S. The van der Waals surface area contributed by atoms with E-state index in [0.717, 1.165) is 25.9 Å². The second-order valence-electron chi connectivity index (χ2n) is 6.40. The number of sulfone groups is 1. The largest absolute Gasteiger partial charge is 0.336 e. The van der Waals surface area contributed by atoms with Crippen molar-refractivity contribution >= 4 is 27.3 Å². The quantitative estimate of drug-likeness (QED) is 0.827. The van der Waals surface area contributed by atoms with Gasteiger partial charge in [-0.1, -0.05) is 25.4 Å². The van der Waals surface area contributed by atoms with Crippen molar-refractivity contribution in [2.75, 3.05) is 39.0 Å². The van der Waals surface area contributed by atoms with E-state index < -0.39 is 9.84 Å². The van der Waals surface area contributed by atoms with Crippen LogP contribution in [0.4, 0.5) is 0 Å². The third kappa shape index (κ3) is 4.68. The van der Waals surface area contributed by atoms with Crippen LogP contribution in [-0.4, -0.2) is 63.1 Å². The second-order valence-corrected chi connectivity index (χ2v) is 8.82. The van der Waals surface area contributed by atoms with Gasteiger partial charge in [0.2, 0.25) is 0 Å². The molecular weight excluding hydrogens is 336 g/mol. The van der Waals surface area contributed by atoms with Gasteiger partial charge in [0.1, 0.15) is 0 Å². The average molecular weight is 359 g/mol. The molecule has 0 aliphatic carbocycles. The predicted molar refractivity (Wildman–Crippen MR) is 91.7 cm³/mol. The number of nitrogens with zero attached hydrogens (tertiary/aromatic N) is 2. The van der Waals surface area contributed by atoms with E-state index in [1.54, 1.807) is 4.90 Å². The maximum atomic E-state index is 12.7. The second kappa shape index (κ2) is 7.20. The Morgan fingerprint density at radius 1 is 1.22 bits per heavy atom. The maximum Gasteiger partial charge on any atom is 0.255 e. The van der Waals surface area contributed by atoms with Crippen LogP contribution >= 0.6 is 11.6 Å². The van der Waals surface area contributed by atoms with Crippen LogP contribution in [0.15, 0.2) is 23.1 Å². The maximum absolute atomic E-state index is 12.7. The van der Waals surface area contributed by atoms with Gasteiger partial charge in [-0.15, -0.1) is 0 Å². The van der Waals surface area contributed by atoms with Gasteiger partial charge in [-0.3, -0.25) is 9.69 Å². The number of hydrogen-bond acceptors (Lipinski definition) is 4. The minimum atomic E-state index is -3.37. The van der Waals surface area contributed by atoms with Crippen molar-refractivity contribution in [3.05, 3.63) is 28.8 Å². The van der Waals surface area contributed by atoms with Crippen LogP contribution in [0.1, 0.15) is 24.2 Å². The van der Waals surface area contributed by atoms with Crippen LogP contribution in [0.3, 0.4) is 0 Å². The van der Waals surface area contributed by atoms with E-state index in [1.165, 1.54) is 18.2 Å². The minimum absolute atomic E-state index is 0.115. The summed E-state index contributed by atoms with van der Waals surface area (Å²) in [7, 11) is -3.37. The molecule has 0 saturated carbocycles. The van der Waals surface area contributed by atoms with Crippen LogP contribution < -0.4 is 0 Å². The molecule has 0 unspecified atom stereocenters. The molecule has 1 aromatic rings. The number of carbonyl (C=O) groups is 1. The Morgan fingerprint density at radius 3 is 2.35 bits per heavy atom. The van der Waals surface area contributed by atoms with Gasteiger partial charge in [0.15, 0.2) is 9.84 Å². The highest BCUT2D eigenvalue weighted by Crippen LogP contribution is 2.22. The Morgan fingerprint density at radius 2 is 1.83 bits per heavy atom. The molecule has 0 N–H and O–H groups in total. The van der Waals surface area contributed by atoms with E-state index in [9.17, 15) is 13.2 Å². The summed E-state index contributed by atoms with van der Waals surface area (Å²) in [6.07, 6.45) is 1.12. The Kier molecular flexibility index (Phi) is 5.70. The molecule has 1 aliphatic heterocycles. The lowest BCUT2D eigenvalue weighted by Gasteiger charge is -2.35. The lowest BCUT2D eigenvalue weighted by atomic mass is 10.1. The van der Waals surface area contributed by atoms with Gasteiger partial charge in [0.05, 0.1) is 15.5 Å². The van der Waals surface area contributed by atoms with Gasteiger partial charge in [0.25, 0.3) is 5.91 Å². The number of carbonyl (C=O) groups excluding carboxylic acids is 1. The number of piperazine rings is 1. The summed E-state index contributed by atoms with van der Waals surface area (Å²) < 4.78 is 23.3. The van der Waals surface area contributed by atoms with Crippen molar-refractivity contribution in [3.63, 3.8) is 0 Å². The molecule has 0 spiro atoms. The Bertz CT molecular complexity index is 681. The smallest absolute Gasteiger partial charge is 0.255 e. The molecule has 23 heavy (non-hydrogen) atoms. The first-order valence-electron chi connectivity index (χ1n) is 7.69. The number of amides is 1. The number of halogens is 1.